The van der Waals surface area contributed by atoms with E-state index in [9.17, 15) is 0 Å². The zero-order chi connectivity index (χ0) is 18.3. The molecule has 0 unspecified atom stereocenters. The van der Waals surface area contributed by atoms with Gasteiger partial charge in [-0.3, -0.25) is 0 Å². The molecule has 0 heterocycles. The Labute approximate surface area is 152 Å². The maximum Gasteiger partial charge on any atom is 0.119 e. The van der Waals surface area contributed by atoms with Crippen molar-refractivity contribution in [3.63, 3.8) is 0 Å². The molecule has 0 aliphatic carbocycles. The highest BCUT2D eigenvalue weighted by Crippen LogP contribution is 2.22. The Bertz CT molecular complexity index is 665. The van der Waals surface area contributed by atoms with E-state index in [2.05, 4.69) is 62.9 Å². The summed E-state index contributed by atoms with van der Waals surface area (Å²) in [4.78, 5) is 2.30. The maximum absolute atomic E-state index is 6.24. The first-order valence-corrected chi connectivity index (χ1v) is 8.77. The molecule has 2 rings (SSSR count). The van der Waals surface area contributed by atoms with Gasteiger partial charge in [0.1, 0.15) is 12.4 Å². The third-order valence-corrected chi connectivity index (χ3v) is 3.77. The number of hydrogen-bond donors (Lipinski definition) is 1. The van der Waals surface area contributed by atoms with Crippen LogP contribution in [0.2, 0.25) is 0 Å². The summed E-state index contributed by atoms with van der Waals surface area (Å²) in [6.07, 6.45) is 2.23. The highest BCUT2D eigenvalue weighted by Gasteiger charge is 2.16. The van der Waals surface area contributed by atoms with Crippen LogP contribution in [0.1, 0.15) is 33.3 Å². The Balaban J connectivity index is 2.04. The number of nitrogens with two attached hydrogens (primary N) is 1. The van der Waals surface area contributed by atoms with Crippen molar-refractivity contribution in [1.82, 2.24) is 0 Å². The van der Waals surface area contributed by atoms with Crippen LogP contribution in [0.25, 0.3) is 0 Å². The van der Waals surface area contributed by atoms with Gasteiger partial charge in [0.15, 0.2) is 0 Å². The molecular formula is C22H30N2O. The summed E-state index contributed by atoms with van der Waals surface area (Å²) in [5.41, 5.74) is 9.61. The first-order chi connectivity index (χ1) is 11.8. The minimum Gasteiger partial charge on any atom is -0.489 e. The van der Waals surface area contributed by atoms with Crippen molar-refractivity contribution >= 4 is 5.69 Å². The summed E-state index contributed by atoms with van der Waals surface area (Å²) < 4.78 is 5.87. The molecule has 0 aliphatic heterocycles. The molecule has 0 aromatic heterocycles. The van der Waals surface area contributed by atoms with Gasteiger partial charge >= 0.3 is 0 Å². The summed E-state index contributed by atoms with van der Waals surface area (Å²) in [5, 5.41) is 0. The third kappa shape index (κ3) is 7.02. The number of nitrogens with zero attached hydrogens (tertiary/aromatic N) is 1. The van der Waals surface area contributed by atoms with Gasteiger partial charge in [-0.15, -0.1) is 0 Å². The van der Waals surface area contributed by atoms with E-state index in [4.69, 9.17) is 10.5 Å². The summed E-state index contributed by atoms with van der Waals surface area (Å²) in [6.45, 7) is 10.6. The average molecular weight is 338 g/mol. The van der Waals surface area contributed by atoms with Crippen molar-refractivity contribution in [2.24, 2.45) is 5.73 Å². The lowest BCUT2D eigenvalue weighted by atomic mass is 10.1. The van der Waals surface area contributed by atoms with E-state index in [1.54, 1.807) is 0 Å². The smallest absolute Gasteiger partial charge is 0.119 e. The van der Waals surface area contributed by atoms with E-state index in [0.717, 1.165) is 24.5 Å². The summed E-state index contributed by atoms with van der Waals surface area (Å²) in [5.74, 6) is 0.877. The Morgan fingerprint density at radius 3 is 2.24 bits per heavy atom. The van der Waals surface area contributed by atoms with Gasteiger partial charge in [0, 0.05) is 24.3 Å². The minimum atomic E-state index is -0.252. The largest absolute Gasteiger partial charge is 0.489 e. The first-order valence-electron chi connectivity index (χ1n) is 8.77. The lowest BCUT2D eigenvalue weighted by Gasteiger charge is -2.31. The molecule has 0 atom stereocenters. The Hall–Kier alpha value is -2.26. The van der Waals surface area contributed by atoms with Gasteiger partial charge in [-0.05, 0) is 57.5 Å². The fourth-order valence-electron chi connectivity index (χ4n) is 2.54. The van der Waals surface area contributed by atoms with Crippen LogP contribution in [0.4, 0.5) is 5.69 Å². The molecule has 0 spiro atoms. The fraction of sp³-hybridized carbons (Fsp3) is 0.364. The zero-order valence-electron chi connectivity index (χ0n) is 15.8. The highest BCUT2D eigenvalue weighted by atomic mass is 16.5. The summed E-state index contributed by atoms with van der Waals surface area (Å²) >= 11 is 0. The molecule has 25 heavy (non-hydrogen) atoms. The summed E-state index contributed by atoms with van der Waals surface area (Å²) in [6, 6.07) is 18.5. The van der Waals surface area contributed by atoms with E-state index in [1.807, 2.05) is 30.3 Å². The summed E-state index contributed by atoms with van der Waals surface area (Å²) in [7, 11) is 0. The molecule has 0 fully saturated rings. The van der Waals surface area contributed by atoms with Gasteiger partial charge in [0.05, 0.1) is 0 Å². The van der Waals surface area contributed by atoms with Gasteiger partial charge in [-0.25, -0.2) is 0 Å². The van der Waals surface area contributed by atoms with E-state index in [0.29, 0.717) is 6.61 Å². The number of allylic oxidation sites excluding steroid dienone is 1. The molecule has 0 saturated carbocycles. The van der Waals surface area contributed by atoms with Crippen LogP contribution in [0.15, 0.2) is 66.2 Å². The second-order valence-electron chi connectivity index (χ2n) is 7.42. The molecule has 0 radical (unpaired) electrons. The van der Waals surface area contributed by atoms with Crippen LogP contribution in [-0.2, 0) is 6.61 Å². The SMILES string of the molecule is CC(C)=CCN(CC(C)(C)N)c1ccc(OCc2ccccc2)cc1. The predicted molar refractivity (Wildman–Crippen MR) is 107 cm³/mol. The van der Waals surface area contributed by atoms with E-state index >= 15 is 0 Å². The van der Waals surface area contributed by atoms with Gasteiger partial charge < -0.3 is 15.4 Å². The Morgan fingerprint density at radius 1 is 1.04 bits per heavy atom. The monoisotopic (exact) mass is 338 g/mol. The molecule has 0 bridgehead atoms. The number of anilines is 1. The Kier molecular flexibility index (Phi) is 6.65. The standard InChI is InChI=1S/C22H30N2O/c1-18(2)14-15-24(17-22(3,4)23)20-10-12-21(13-11-20)25-16-19-8-6-5-7-9-19/h5-14H,15-17,23H2,1-4H3. The van der Waals surface area contributed by atoms with Crippen LogP contribution in [0, 0.1) is 0 Å². The van der Waals surface area contributed by atoms with Crippen molar-refractivity contribution in [1.29, 1.82) is 0 Å². The lowest BCUT2D eigenvalue weighted by Crippen LogP contribution is -2.45. The molecule has 0 amide bonds. The van der Waals surface area contributed by atoms with E-state index in [-0.39, 0.29) is 5.54 Å². The van der Waals surface area contributed by atoms with Gasteiger partial charge in [0.2, 0.25) is 0 Å². The molecule has 2 N–H and O–H groups in total. The van der Waals surface area contributed by atoms with Crippen molar-refractivity contribution in [3.8, 4) is 5.75 Å². The number of benzene rings is 2. The van der Waals surface area contributed by atoms with Crippen molar-refractivity contribution in [2.45, 2.75) is 39.8 Å². The Morgan fingerprint density at radius 2 is 1.68 bits per heavy atom. The van der Waals surface area contributed by atoms with E-state index < -0.39 is 0 Å². The quantitative estimate of drug-likeness (QED) is 0.704. The highest BCUT2D eigenvalue weighted by molar-refractivity contribution is 5.50. The van der Waals surface area contributed by atoms with Crippen LogP contribution in [-0.4, -0.2) is 18.6 Å². The van der Waals surface area contributed by atoms with Crippen LogP contribution < -0.4 is 15.4 Å². The molecule has 0 aliphatic rings. The molecule has 134 valence electrons. The van der Waals surface area contributed by atoms with Crippen molar-refractivity contribution in [3.05, 3.63) is 71.8 Å². The number of hydrogen-bond acceptors (Lipinski definition) is 3. The number of ether oxygens (including phenoxy) is 1. The van der Waals surface area contributed by atoms with Crippen LogP contribution >= 0.6 is 0 Å². The average Bonchev–Trinajstić information content (AvgIpc) is 2.57. The molecule has 3 nitrogen and oxygen atoms in total. The fourth-order valence-corrected chi connectivity index (χ4v) is 2.54. The first kappa shape index (κ1) is 19.1. The van der Waals surface area contributed by atoms with E-state index in [1.165, 1.54) is 11.1 Å². The van der Waals surface area contributed by atoms with Crippen molar-refractivity contribution < 1.29 is 4.74 Å². The van der Waals surface area contributed by atoms with Crippen LogP contribution in [0.3, 0.4) is 0 Å². The molecule has 2 aromatic rings. The molecule has 3 heteroatoms. The maximum atomic E-state index is 6.24. The topological polar surface area (TPSA) is 38.5 Å². The minimum absolute atomic E-state index is 0.252. The second kappa shape index (κ2) is 8.72. The zero-order valence-corrected chi connectivity index (χ0v) is 15.8. The molecule has 0 saturated heterocycles. The predicted octanol–water partition coefficient (Wildman–Crippen LogP) is 4.78. The van der Waals surface area contributed by atoms with Gasteiger partial charge in [-0.1, -0.05) is 42.0 Å². The second-order valence-corrected chi connectivity index (χ2v) is 7.42. The van der Waals surface area contributed by atoms with Crippen molar-refractivity contribution in [2.75, 3.05) is 18.0 Å². The number of rotatable bonds is 8. The van der Waals surface area contributed by atoms with Gasteiger partial charge in [-0.2, -0.15) is 0 Å². The lowest BCUT2D eigenvalue weighted by molar-refractivity contribution is 0.306. The molecular weight excluding hydrogens is 308 g/mol. The molecule has 2 aromatic carbocycles. The third-order valence-electron chi connectivity index (χ3n) is 3.77. The van der Waals surface area contributed by atoms with Crippen LogP contribution in [0.5, 0.6) is 5.75 Å². The van der Waals surface area contributed by atoms with Gasteiger partial charge in [0.25, 0.3) is 0 Å². The normalized spacial score (nSPS) is 11.1.